The fourth-order valence-electron chi connectivity index (χ4n) is 11.4. The monoisotopic (exact) mass is 1240 g/mol. The lowest BCUT2D eigenvalue weighted by molar-refractivity contribution is -0.157. The first-order chi connectivity index (χ1) is 40.7. The van der Waals surface area contributed by atoms with Gasteiger partial charge in [-0.15, -0.1) is 0 Å². The maximum Gasteiger partial charge on any atom is 0.246 e. The van der Waals surface area contributed by atoms with E-state index >= 15 is 19.2 Å². The topological polar surface area (TPSA) is 279 Å². The van der Waals surface area contributed by atoms with Crippen LogP contribution in [0.1, 0.15) is 176 Å². The Kier molecular flexibility index (Phi) is 33.1. The van der Waals surface area contributed by atoms with Crippen LogP contribution in [-0.2, 0) is 52.7 Å². The minimum Gasteiger partial charge on any atom is -0.390 e. The van der Waals surface area contributed by atoms with Gasteiger partial charge in [0.2, 0.25) is 65.0 Å². The molecular weight excluding hydrogens is 1130 g/mol. The molecule has 1 aliphatic heterocycles. The number of amides is 11. The maximum atomic E-state index is 15.2. The van der Waals surface area contributed by atoms with Crippen molar-refractivity contribution >= 4 is 65.0 Å². The quantitative estimate of drug-likeness (QED) is 0.127. The zero-order valence-corrected chi connectivity index (χ0v) is 58.3. The molecule has 88 heavy (non-hydrogen) atoms. The van der Waals surface area contributed by atoms with Crippen LogP contribution < -0.4 is 21.3 Å². The third-order valence-corrected chi connectivity index (χ3v) is 16.9. The molecule has 23 nitrogen and oxygen atoms in total. The molecule has 0 aromatic carbocycles. The van der Waals surface area contributed by atoms with Gasteiger partial charge in [-0.3, -0.25) is 52.7 Å². The average molecular weight is 1240 g/mol. The number of nitrogens with zero attached hydrogens (tertiary/aromatic N) is 7. The minimum atomic E-state index is -1.62. The number of aliphatic hydroxyl groups excluding tert-OH is 1. The largest absolute Gasteiger partial charge is 0.390 e. The Balaban J connectivity index is 4.45. The van der Waals surface area contributed by atoms with Gasteiger partial charge in [-0.1, -0.05) is 122 Å². The zero-order valence-electron chi connectivity index (χ0n) is 58.3. The summed E-state index contributed by atoms with van der Waals surface area (Å²) in [6.45, 7) is 31.8. The van der Waals surface area contributed by atoms with Gasteiger partial charge >= 0.3 is 0 Å². The lowest BCUT2D eigenvalue weighted by Gasteiger charge is -2.41. The summed E-state index contributed by atoms with van der Waals surface area (Å²) in [7, 11) is 10.1. The second-order valence-electron chi connectivity index (χ2n) is 27.1. The van der Waals surface area contributed by atoms with E-state index < -0.39 is 155 Å². The fraction of sp³-hybridized carbons (Fsp3) is 0.800. The van der Waals surface area contributed by atoms with Crippen molar-refractivity contribution < 1.29 is 57.8 Å². The molecule has 23 heteroatoms. The van der Waals surface area contributed by atoms with E-state index in [0.29, 0.717) is 12.8 Å². The van der Waals surface area contributed by atoms with Crippen LogP contribution in [0, 0.1) is 41.4 Å². The van der Waals surface area contributed by atoms with Crippen LogP contribution in [-0.4, -0.2) is 226 Å². The fourth-order valence-corrected chi connectivity index (χ4v) is 11.4. The van der Waals surface area contributed by atoms with Gasteiger partial charge in [-0.05, 0) is 107 Å². The van der Waals surface area contributed by atoms with Gasteiger partial charge in [0.15, 0.2) is 0 Å². The highest BCUT2D eigenvalue weighted by atomic mass is 16.3. The number of rotatable bonds is 17. The van der Waals surface area contributed by atoms with E-state index in [1.54, 1.807) is 47.6 Å². The Morgan fingerprint density at radius 2 is 0.807 bits per heavy atom. The van der Waals surface area contributed by atoms with Gasteiger partial charge in [-0.25, -0.2) is 0 Å². The summed E-state index contributed by atoms with van der Waals surface area (Å²) < 4.78 is 0. The summed E-state index contributed by atoms with van der Waals surface area (Å²) >= 11 is 0. The number of allylic oxidation sites excluding steroid dienone is 2. The molecule has 1 unspecified atom stereocenters. The highest BCUT2D eigenvalue weighted by molar-refractivity contribution is 6.00. The smallest absolute Gasteiger partial charge is 0.246 e. The zero-order chi connectivity index (χ0) is 68.3. The molecule has 1 rings (SSSR count). The first kappa shape index (κ1) is 79.9. The standard InChI is InChI=1S/C65H117N11O12/c1-26-29-31-42(16)54(77)53-58(81)68-45(28-3)60(83)70(19)46(30-27-2)61(84)71(20)48(33-37(6)7)57(80)69-51(40(12)13)64(87)72(21)47(32-36(4)5)56(79)66-43(17)55(78)67-44(18)59(82)73(22)49(34-38(8)9)62(85)74(23)50(35-39(10)11)63(86)75(24)52(41(14)15)65(88)76(53)25/h26,29,36-54,77H,27-28,30-35H2,1-25H3,(H,66,79)(H,67,78)(H,68,81)(H,69,80)/b29-26+/t42-,43+,44-,45+,46?,47+,48+,49+,50+,51+,52+,53+,54-/m1/s1. The molecule has 0 saturated carbocycles. The average Bonchev–Trinajstić information content (AvgIpc) is 1.33. The van der Waals surface area contributed by atoms with Crippen LogP contribution >= 0.6 is 0 Å². The Morgan fingerprint density at radius 1 is 0.420 bits per heavy atom. The van der Waals surface area contributed by atoms with Gasteiger partial charge in [0.25, 0.3) is 0 Å². The van der Waals surface area contributed by atoms with E-state index in [-0.39, 0.29) is 62.2 Å². The molecule has 0 aromatic heterocycles. The molecule has 0 spiro atoms. The van der Waals surface area contributed by atoms with Crippen molar-refractivity contribution in [2.45, 2.75) is 249 Å². The summed E-state index contributed by atoms with van der Waals surface area (Å²) in [5.74, 6) is -9.63. The summed E-state index contributed by atoms with van der Waals surface area (Å²) in [4.78, 5) is 171. The van der Waals surface area contributed by atoms with Crippen LogP contribution in [0.4, 0.5) is 0 Å². The van der Waals surface area contributed by atoms with Gasteiger partial charge in [-0.2, -0.15) is 0 Å². The van der Waals surface area contributed by atoms with Crippen molar-refractivity contribution in [3.63, 3.8) is 0 Å². The van der Waals surface area contributed by atoms with Gasteiger partial charge < -0.3 is 60.7 Å². The first-order valence-corrected chi connectivity index (χ1v) is 32.1. The van der Waals surface area contributed by atoms with Crippen LogP contribution in [0.25, 0.3) is 0 Å². The molecule has 5 N–H and O–H groups in total. The number of hydrogen-bond acceptors (Lipinski definition) is 12. The number of nitrogens with one attached hydrogen (secondary N) is 4. The molecule has 0 aromatic rings. The van der Waals surface area contributed by atoms with Crippen molar-refractivity contribution in [3.8, 4) is 0 Å². The SMILES string of the molecule is C/C=C/C[C@@H](C)[C@@H](O)[C@H]1C(=O)N[C@@H](CC)C(=O)N(C)C(CCC)C(=O)N(C)[C@@H](CC(C)C)C(=O)N[C@@H](C(C)C)C(=O)N(C)[C@@H](CC(C)C)C(=O)N[C@@H](C)C(=O)N[C@H](C)C(=O)N(C)[C@@H](CC(C)C)C(=O)N(C)[C@@H](CC(C)C)C(=O)N(C)[C@@H](C(C)C)C(=O)N1C. The molecule has 1 heterocycles. The number of carbonyl (C=O) groups is 11. The lowest BCUT2D eigenvalue weighted by Crippen LogP contribution is -2.64. The van der Waals surface area contributed by atoms with Crippen LogP contribution in [0.2, 0.25) is 0 Å². The van der Waals surface area contributed by atoms with Gasteiger partial charge in [0.1, 0.15) is 66.5 Å². The van der Waals surface area contributed by atoms with E-state index in [0.717, 1.165) is 4.90 Å². The molecule has 0 radical (unpaired) electrons. The Morgan fingerprint density at radius 3 is 1.24 bits per heavy atom. The highest BCUT2D eigenvalue weighted by Crippen LogP contribution is 2.26. The highest BCUT2D eigenvalue weighted by Gasteiger charge is 2.46. The summed E-state index contributed by atoms with van der Waals surface area (Å²) in [6.07, 6.45) is 3.63. The maximum absolute atomic E-state index is 15.2. The second kappa shape index (κ2) is 36.5. The molecule has 11 amide bonds. The van der Waals surface area contributed by atoms with Crippen molar-refractivity contribution in [1.82, 2.24) is 55.6 Å². The summed E-state index contributed by atoms with van der Waals surface area (Å²) in [5.41, 5.74) is 0. The van der Waals surface area contributed by atoms with E-state index in [1.807, 2.05) is 75.3 Å². The van der Waals surface area contributed by atoms with E-state index in [1.165, 1.54) is 92.6 Å². The Labute approximate surface area is 527 Å². The molecule has 1 aliphatic rings. The predicted molar refractivity (Wildman–Crippen MR) is 342 cm³/mol. The number of carbonyl (C=O) groups excluding carboxylic acids is 11. The van der Waals surface area contributed by atoms with E-state index in [9.17, 15) is 38.7 Å². The molecule has 1 saturated heterocycles. The third-order valence-electron chi connectivity index (χ3n) is 16.9. The van der Waals surface area contributed by atoms with Crippen molar-refractivity contribution in [2.24, 2.45) is 41.4 Å². The van der Waals surface area contributed by atoms with E-state index in [4.69, 9.17) is 0 Å². The predicted octanol–water partition coefficient (Wildman–Crippen LogP) is 4.44. The Bertz CT molecular complexity index is 2400. The Hall–Kier alpha value is -6.13. The number of hydrogen-bond donors (Lipinski definition) is 5. The van der Waals surface area contributed by atoms with Gasteiger partial charge in [0, 0.05) is 49.3 Å². The lowest BCUT2D eigenvalue weighted by atomic mass is 9.91. The van der Waals surface area contributed by atoms with Crippen molar-refractivity contribution in [2.75, 3.05) is 49.3 Å². The van der Waals surface area contributed by atoms with E-state index in [2.05, 4.69) is 21.3 Å². The van der Waals surface area contributed by atoms with Gasteiger partial charge in [0.05, 0.1) is 6.10 Å². The molecule has 0 aliphatic carbocycles. The summed E-state index contributed by atoms with van der Waals surface area (Å²) in [6, 6.07) is -13.5. The van der Waals surface area contributed by atoms with Crippen LogP contribution in [0.3, 0.4) is 0 Å². The van der Waals surface area contributed by atoms with Crippen molar-refractivity contribution in [3.05, 3.63) is 12.2 Å². The van der Waals surface area contributed by atoms with Crippen LogP contribution in [0.15, 0.2) is 12.2 Å². The molecular formula is C65H117N11O12. The molecule has 1 fully saturated rings. The third kappa shape index (κ3) is 21.8. The number of likely N-dealkylation sites (N-methyl/N-ethyl adjacent to an activating group) is 7. The second-order valence-corrected chi connectivity index (χ2v) is 27.1. The molecule has 504 valence electrons. The first-order valence-electron chi connectivity index (χ1n) is 32.1. The van der Waals surface area contributed by atoms with Crippen LogP contribution in [0.5, 0.6) is 0 Å². The molecule has 0 bridgehead atoms. The summed E-state index contributed by atoms with van der Waals surface area (Å²) in [5, 5.41) is 23.3. The minimum absolute atomic E-state index is 0.0217. The molecule has 13 atom stereocenters. The number of aliphatic hydroxyl groups is 1. The normalized spacial score (nSPS) is 27.2. The van der Waals surface area contributed by atoms with Crippen molar-refractivity contribution in [1.29, 1.82) is 0 Å².